The fourth-order valence-electron chi connectivity index (χ4n) is 0.627. The number of rotatable bonds is 6. The lowest BCUT2D eigenvalue weighted by Gasteiger charge is -1.99. The molecule has 0 aromatic rings. The number of carbonyl (C=O) groups is 1. The van der Waals surface area contributed by atoms with Crippen LogP contribution in [-0.2, 0) is 25.1 Å². The molecule has 0 saturated heterocycles. The van der Waals surface area contributed by atoms with Crippen LogP contribution >= 0.6 is 0 Å². The Morgan fingerprint density at radius 2 is 2.08 bits per heavy atom. The molecular weight excluding hydrogens is 180 g/mol. The number of ether oxygens (including phenoxy) is 2. The molecule has 1 atom stereocenters. The summed E-state index contributed by atoms with van der Waals surface area (Å²) in [5.74, 6) is 0.0501. The van der Waals surface area contributed by atoms with Gasteiger partial charge in [-0.15, -0.1) is 0 Å². The Hall–Kier alpha value is -0.420. The molecule has 72 valence electrons. The molecule has 0 heterocycles. The molecule has 5 heteroatoms. The minimum atomic E-state index is -1.11. The quantitative estimate of drug-likeness (QED) is 0.439. The molecule has 0 spiro atoms. The summed E-state index contributed by atoms with van der Waals surface area (Å²) in [7, 11) is 1.77. The maximum absolute atomic E-state index is 11.0. The molecule has 0 radical (unpaired) electrons. The van der Waals surface area contributed by atoms with Crippen LogP contribution < -0.4 is 0 Å². The highest BCUT2D eigenvalue weighted by Gasteiger charge is 2.06. The highest BCUT2D eigenvalue weighted by Crippen LogP contribution is 1.89. The van der Waals surface area contributed by atoms with Gasteiger partial charge in [-0.05, 0) is 6.42 Å². The zero-order valence-corrected chi connectivity index (χ0v) is 8.19. The second-order valence-corrected chi connectivity index (χ2v) is 3.79. The van der Waals surface area contributed by atoms with E-state index in [0.717, 1.165) is 0 Å². The van der Waals surface area contributed by atoms with Crippen LogP contribution in [0.5, 0.6) is 0 Å². The lowest BCUT2D eigenvalue weighted by molar-refractivity contribution is -0.137. The van der Waals surface area contributed by atoms with E-state index in [0.29, 0.717) is 18.8 Å². The molecule has 0 aromatic carbocycles. The normalized spacial score (nSPS) is 12.5. The van der Waals surface area contributed by atoms with E-state index in [1.807, 2.05) is 0 Å². The minimum absolute atomic E-state index is 0.0137. The van der Waals surface area contributed by atoms with Crippen molar-refractivity contribution >= 4 is 16.8 Å². The van der Waals surface area contributed by atoms with Gasteiger partial charge in [0.25, 0.3) is 0 Å². The monoisotopic (exact) mass is 194 g/mol. The fourth-order valence-corrected chi connectivity index (χ4v) is 1.59. The van der Waals surface area contributed by atoms with E-state index in [1.54, 1.807) is 7.11 Å². The Kier molecular flexibility index (Phi) is 6.99. The zero-order chi connectivity index (χ0) is 9.40. The summed E-state index contributed by atoms with van der Waals surface area (Å²) in [5, 5.41) is 0. The van der Waals surface area contributed by atoms with Crippen LogP contribution in [0.2, 0.25) is 0 Å². The van der Waals surface area contributed by atoms with Crippen molar-refractivity contribution in [3.63, 3.8) is 0 Å². The van der Waals surface area contributed by atoms with Crippen LogP contribution in [0.3, 0.4) is 0 Å². The zero-order valence-electron chi connectivity index (χ0n) is 7.37. The molecule has 0 rings (SSSR count). The molecule has 1 unspecified atom stereocenters. The Labute approximate surface area is 74.7 Å². The minimum Gasteiger partial charge on any atom is -0.468 e. The lowest BCUT2D eigenvalue weighted by Crippen LogP contribution is -2.14. The SMILES string of the molecule is COCCCS(=O)CC(=O)OC. The van der Waals surface area contributed by atoms with Crippen molar-refractivity contribution in [3.8, 4) is 0 Å². The van der Waals surface area contributed by atoms with Gasteiger partial charge < -0.3 is 9.47 Å². The first-order valence-corrected chi connectivity index (χ1v) is 5.10. The molecule has 0 aliphatic carbocycles. The largest absolute Gasteiger partial charge is 0.468 e. The van der Waals surface area contributed by atoms with Gasteiger partial charge in [0.05, 0.1) is 7.11 Å². The summed E-state index contributed by atoms with van der Waals surface area (Å²) in [6.07, 6.45) is 0.708. The van der Waals surface area contributed by atoms with Gasteiger partial charge in [0.1, 0.15) is 5.75 Å². The van der Waals surface area contributed by atoms with Crippen LogP contribution in [0.25, 0.3) is 0 Å². The van der Waals surface area contributed by atoms with Gasteiger partial charge in [0.15, 0.2) is 0 Å². The van der Waals surface area contributed by atoms with Gasteiger partial charge in [0, 0.05) is 30.3 Å². The number of carbonyl (C=O) groups excluding carboxylic acids is 1. The highest BCUT2D eigenvalue weighted by molar-refractivity contribution is 7.85. The Bertz CT molecular complexity index is 157. The van der Waals surface area contributed by atoms with Crippen LogP contribution in [0.15, 0.2) is 0 Å². The van der Waals surface area contributed by atoms with Crippen molar-refractivity contribution in [2.24, 2.45) is 0 Å². The second-order valence-electron chi connectivity index (χ2n) is 2.21. The first kappa shape index (κ1) is 11.6. The van der Waals surface area contributed by atoms with Crippen LogP contribution in [-0.4, -0.2) is 42.5 Å². The Morgan fingerprint density at radius 1 is 1.42 bits per heavy atom. The van der Waals surface area contributed by atoms with E-state index in [1.165, 1.54) is 7.11 Å². The van der Waals surface area contributed by atoms with E-state index in [4.69, 9.17) is 4.74 Å². The molecule has 0 aliphatic heterocycles. The Balaban J connectivity index is 3.40. The predicted molar refractivity (Wildman–Crippen MR) is 46.4 cm³/mol. The van der Waals surface area contributed by atoms with Crippen molar-refractivity contribution in [1.82, 2.24) is 0 Å². The second kappa shape index (κ2) is 7.24. The summed E-state index contributed by atoms with van der Waals surface area (Å²) in [4.78, 5) is 10.6. The third-order valence-electron chi connectivity index (χ3n) is 1.23. The maximum Gasteiger partial charge on any atom is 0.318 e. The predicted octanol–water partition coefficient (Wildman–Crippen LogP) is -0.0554. The molecule has 0 aliphatic rings. The van der Waals surface area contributed by atoms with Gasteiger partial charge in [-0.1, -0.05) is 0 Å². The van der Waals surface area contributed by atoms with E-state index in [2.05, 4.69) is 4.74 Å². The molecule has 4 nitrogen and oxygen atoms in total. The van der Waals surface area contributed by atoms with Gasteiger partial charge in [0.2, 0.25) is 0 Å². The third-order valence-corrected chi connectivity index (χ3v) is 2.53. The molecule has 0 saturated carbocycles. The third kappa shape index (κ3) is 6.30. The smallest absolute Gasteiger partial charge is 0.318 e. The molecule has 0 fully saturated rings. The Morgan fingerprint density at radius 3 is 2.58 bits per heavy atom. The van der Waals surface area contributed by atoms with Gasteiger partial charge >= 0.3 is 5.97 Å². The molecule has 0 amide bonds. The summed E-state index contributed by atoms with van der Waals surface area (Å²) in [6.45, 7) is 0.576. The van der Waals surface area contributed by atoms with Crippen molar-refractivity contribution in [1.29, 1.82) is 0 Å². The van der Waals surface area contributed by atoms with Crippen molar-refractivity contribution in [2.45, 2.75) is 6.42 Å². The van der Waals surface area contributed by atoms with E-state index < -0.39 is 16.8 Å². The van der Waals surface area contributed by atoms with E-state index >= 15 is 0 Å². The first-order chi connectivity index (χ1) is 5.70. The number of hydrogen-bond donors (Lipinski definition) is 0. The average Bonchev–Trinajstić information content (AvgIpc) is 2.05. The van der Waals surface area contributed by atoms with E-state index in [-0.39, 0.29) is 5.75 Å². The lowest BCUT2D eigenvalue weighted by atomic mass is 10.5. The van der Waals surface area contributed by atoms with Gasteiger partial charge in [-0.3, -0.25) is 9.00 Å². The topological polar surface area (TPSA) is 52.6 Å². The van der Waals surface area contributed by atoms with Crippen molar-refractivity contribution in [2.75, 3.05) is 32.3 Å². The van der Waals surface area contributed by atoms with Crippen LogP contribution in [0.1, 0.15) is 6.42 Å². The standard InChI is InChI=1S/C7H14O4S/c1-10-4-3-5-12(9)6-7(8)11-2/h3-6H2,1-2H3. The fraction of sp³-hybridized carbons (Fsp3) is 0.857. The first-order valence-electron chi connectivity index (χ1n) is 3.61. The number of hydrogen-bond acceptors (Lipinski definition) is 4. The molecule has 0 aromatic heterocycles. The van der Waals surface area contributed by atoms with Gasteiger partial charge in [-0.25, -0.2) is 0 Å². The number of methoxy groups -OCH3 is 2. The summed E-state index contributed by atoms with van der Waals surface area (Å²) >= 11 is 0. The highest BCUT2D eigenvalue weighted by atomic mass is 32.2. The summed E-state index contributed by atoms with van der Waals surface area (Å²) in [6, 6.07) is 0. The average molecular weight is 194 g/mol. The van der Waals surface area contributed by atoms with Crippen LogP contribution in [0.4, 0.5) is 0 Å². The molecule has 12 heavy (non-hydrogen) atoms. The van der Waals surface area contributed by atoms with Crippen LogP contribution in [0, 0.1) is 0 Å². The summed E-state index contributed by atoms with van der Waals surface area (Å²) < 4.78 is 20.2. The van der Waals surface area contributed by atoms with Crippen molar-refractivity contribution in [3.05, 3.63) is 0 Å². The van der Waals surface area contributed by atoms with E-state index in [9.17, 15) is 9.00 Å². The maximum atomic E-state index is 11.0. The number of esters is 1. The summed E-state index contributed by atoms with van der Waals surface area (Å²) in [5.41, 5.74) is 0. The van der Waals surface area contributed by atoms with Gasteiger partial charge in [-0.2, -0.15) is 0 Å². The van der Waals surface area contributed by atoms with Crippen molar-refractivity contribution < 1.29 is 18.5 Å². The molecule has 0 bridgehead atoms. The molecular formula is C7H14O4S. The molecule has 0 N–H and O–H groups in total.